The van der Waals surface area contributed by atoms with E-state index in [0.29, 0.717) is 17.9 Å². The Morgan fingerprint density at radius 1 is 1.38 bits per heavy atom. The predicted molar refractivity (Wildman–Crippen MR) is 96.1 cm³/mol. The fourth-order valence-electron chi connectivity index (χ4n) is 4.15. The van der Waals surface area contributed by atoms with E-state index in [1.165, 1.54) is 16.7 Å². The molecule has 0 aliphatic carbocycles. The number of likely N-dealkylation sites (N-methyl/N-ethyl adjacent to an activating group) is 1. The highest BCUT2D eigenvalue weighted by Crippen LogP contribution is 2.51. The first kappa shape index (κ1) is 19.2. The van der Waals surface area contributed by atoms with E-state index in [1.54, 1.807) is 25.9 Å². The van der Waals surface area contributed by atoms with Crippen LogP contribution in [0.2, 0.25) is 0 Å². The molecule has 3 heterocycles. The Hall–Kier alpha value is -1.58. The van der Waals surface area contributed by atoms with Crippen molar-refractivity contribution >= 4 is 29.5 Å². The van der Waals surface area contributed by atoms with Crippen molar-refractivity contribution in [2.45, 2.75) is 43.7 Å². The number of carboxylic acids is 1. The molecule has 3 aliphatic heterocycles. The number of nitrogens with zero attached hydrogens (tertiary/aromatic N) is 2. The molecule has 26 heavy (non-hydrogen) atoms. The zero-order valence-electron chi connectivity index (χ0n) is 15.3. The first-order chi connectivity index (χ1) is 12.1. The second-order valence-electron chi connectivity index (χ2n) is 7.44. The second kappa shape index (κ2) is 6.86. The number of carboxylic acid groups (broad SMARTS) is 1. The molecule has 2 fully saturated rings. The second-order valence-corrected chi connectivity index (χ2v) is 8.78. The number of fused-ring (bicyclic) bond motifs is 1. The van der Waals surface area contributed by atoms with Crippen molar-refractivity contribution < 1.29 is 24.6 Å². The van der Waals surface area contributed by atoms with Crippen LogP contribution < -0.4 is 5.32 Å². The smallest absolute Gasteiger partial charge is 0.353 e. The highest BCUT2D eigenvalue weighted by Gasteiger charge is 2.60. The number of aliphatic hydroxyl groups excluding tert-OH is 1. The normalized spacial score (nSPS) is 34.6. The van der Waals surface area contributed by atoms with Crippen LogP contribution in [0.5, 0.6) is 0 Å². The van der Waals surface area contributed by atoms with Crippen molar-refractivity contribution in [3.05, 3.63) is 10.6 Å². The Labute approximate surface area is 156 Å². The summed E-state index contributed by atoms with van der Waals surface area (Å²) in [4.78, 5) is 39.8. The van der Waals surface area contributed by atoms with Gasteiger partial charge in [-0.1, -0.05) is 6.92 Å². The number of aliphatic carboxylic acids is 1. The average Bonchev–Trinajstić information content (AvgIpc) is 3.09. The molecule has 9 heteroatoms. The van der Waals surface area contributed by atoms with E-state index in [-0.39, 0.29) is 40.8 Å². The van der Waals surface area contributed by atoms with Crippen molar-refractivity contribution in [3.8, 4) is 0 Å². The Balaban J connectivity index is 1.78. The first-order valence-corrected chi connectivity index (χ1v) is 9.62. The van der Waals surface area contributed by atoms with E-state index >= 15 is 0 Å². The Morgan fingerprint density at radius 2 is 2.04 bits per heavy atom. The van der Waals surface area contributed by atoms with Crippen LogP contribution in [0.4, 0.5) is 0 Å². The van der Waals surface area contributed by atoms with E-state index in [2.05, 4.69) is 5.32 Å². The summed E-state index contributed by atoms with van der Waals surface area (Å²) in [6.07, 6.45) is -0.190. The van der Waals surface area contributed by atoms with Crippen molar-refractivity contribution in [3.63, 3.8) is 0 Å². The van der Waals surface area contributed by atoms with Gasteiger partial charge in [-0.05, 0) is 13.3 Å². The standard InChI is InChI=1S/C17H25N3O5S/c1-7-12-11(8(2)21)16(23)20(12)13(17(24)25)14(7)26-9-5-10(18-6-9)15(22)19(3)4/h7-12,18,21H,5-6H2,1-4H3,(H,24,25)/t7-,8-,9?,10+,11-,12-/m1/s1. The van der Waals surface area contributed by atoms with Gasteiger partial charge in [-0.15, -0.1) is 11.8 Å². The van der Waals surface area contributed by atoms with Gasteiger partial charge in [-0.25, -0.2) is 4.79 Å². The van der Waals surface area contributed by atoms with Crippen molar-refractivity contribution in [2.75, 3.05) is 20.6 Å². The molecule has 0 aromatic heterocycles. The zero-order chi connectivity index (χ0) is 19.3. The minimum absolute atomic E-state index is 0.00757. The molecule has 6 atom stereocenters. The first-order valence-electron chi connectivity index (χ1n) is 8.75. The molecule has 3 rings (SSSR count). The topological polar surface area (TPSA) is 110 Å². The number of aliphatic hydroxyl groups is 1. The maximum atomic E-state index is 12.3. The van der Waals surface area contributed by atoms with Crippen molar-refractivity contribution in [1.29, 1.82) is 0 Å². The van der Waals surface area contributed by atoms with Crippen LogP contribution in [0.15, 0.2) is 10.6 Å². The number of carbonyl (C=O) groups is 3. The van der Waals surface area contributed by atoms with E-state index in [1.807, 2.05) is 6.92 Å². The third-order valence-corrected chi connectivity index (χ3v) is 6.95. The van der Waals surface area contributed by atoms with Gasteiger partial charge in [0.2, 0.25) is 11.8 Å². The summed E-state index contributed by atoms with van der Waals surface area (Å²) in [7, 11) is 3.42. The average molecular weight is 383 g/mol. The summed E-state index contributed by atoms with van der Waals surface area (Å²) in [6, 6.07) is -0.568. The lowest BCUT2D eigenvalue weighted by Gasteiger charge is -2.46. The number of amides is 2. The minimum Gasteiger partial charge on any atom is -0.477 e. The predicted octanol–water partition coefficient (Wildman–Crippen LogP) is -0.308. The van der Waals surface area contributed by atoms with Gasteiger partial charge in [-0.2, -0.15) is 0 Å². The molecule has 0 bridgehead atoms. The molecule has 0 aromatic rings. The Kier molecular flexibility index (Phi) is 5.06. The number of thioether (sulfide) groups is 1. The maximum absolute atomic E-state index is 12.3. The number of hydrogen-bond donors (Lipinski definition) is 3. The molecule has 3 N–H and O–H groups in total. The number of carbonyl (C=O) groups excluding carboxylic acids is 2. The van der Waals surface area contributed by atoms with E-state index in [0.717, 1.165) is 0 Å². The number of rotatable bonds is 5. The van der Waals surface area contributed by atoms with E-state index in [4.69, 9.17) is 0 Å². The highest BCUT2D eigenvalue weighted by molar-refractivity contribution is 8.03. The van der Waals surface area contributed by atoms with Gasteiger partial charge in [0.05, 0.1) is 24.1 Å². The van der Waals surface area contributed by atoms with Gasteiger partial charge in [0.1, 0.15) is 5.70 Å². The van der Waals surface area contributed by atoms with Gasteiger partial charge in [-0.3, -0.25) is 9.59 Å². The lowest BCUT2D eigenvalue weighted by Crippen LogP contribution is -2.63. The molecule has 0 radical (unpaired) electrons. The minimum atomic E-state index is -1.12. The molecule has 144 valence electrons. The van der Waals surface area contributed by atoms with Crippen molar-refractivity contribution in [2.24, 2.45) is 11.8 Å². The lowest BCUT2D eigenvalue weighted by atomic mass is 9.79. The van der Waals surface area contributed by atoms with Gasteiger partial charge in [0, 0.05) is 36.7 Å². The fraction of sp³-hybridized carbons (Fsp3) is 0.706. The molecule has 3 aliphatic rings. The molecule has 0 saturated carbocycles. The lowest BCUT2D eigenvalue weighted by molar-refractivity contribution is -0.163. The zero-order valence-corrected chi connectivity index (χ0v) is 16.1. The summed E-state index contributed by atoms with van der Waals surface area (Å²) in [5, 5.41) is 22.8. The Morgan fingerprint density at radius 3 is 2.58 bits per heavy atom. The fourth-order valence-corrected chi connectivity index (χ4v) is 5.63. The van der Waals surface area contributed by atoms with E-state index < -0.39 is 18.0 Å². The van der Waals surface area contributed by atoms with Crippen molar-refractivity contribution in [1.82, 2.24) is 15.1 Å². The maximum Gasteiger partial charge on any atom is 0.353 e. The van der Waals surface area contributed by atoms with Crippen LogP contribution in [0.1, 0.15) is 20.3 Å². The van der Waals surface area contributed by atoms with E-state index in [9.17, 15) is 24.6 Å². The third-order valence-electron chi connectivity index (χ3n) is 5.43. The Bertz CT molecular complexity index is 677. The van der Waals surface area contributed by atoms with Crippen LogP contribution in [0.25, 0.3) is 0 Å². The highest BCUT2D eigenvalue weighted by atomic mass is 32.2. The van der Waals surface area contributed by atoms with Gasteiger partial charge >= 0.3 is 5.97 Å². The van der Waals surface area contributed by atoms with Gasteiger partial charge in [0.15, 0.2) is 0 Å². The summed E-state index contributed by atoms with van der Waals surface area (Å²) < 4.78 is 0. The molecule has 0 aromatic carbocycles. The molecule has 2 amide bonds. The monoisotopic (exact) mass is 383 g/mol. The summed E-state index contributed by atoms with van der Waals surface area (Å²) in [5.41, 5.74) is 0.0387. The van der Waals surface area contributed by atoms with Crippen LogP contribution in [0, 0.1) is 11.8 Å². The summed E-state index contributed by atoms with van der Waals surface area (Å²) in [6.45, 7) is 4.08. The largest absolute Gasteiger partial charge is 0.477 e. The summed E-state index contributed by atoms with van der Waals surface area (Å²) >= 11 is 1.45. The molecular weight excluding hydrogens is 358 g/mol. The molecule has 2 saturated heterocycles. The van der Waals surface area contributed by atoms with Crippen LogP contribution in [-0.2, 0) is 14.4 Å². The van der Waals surface area contributed by atoms with Gasteiger partial charge in [0.25, 0.3) is 0 Å². The van der Waals surface area contributed by atoms with Crippen LogP contribution in [0.3, 0.4) is 0 Å². The molecule has 8 nitrogen and oxygen atoms in total. The summed E-state index contributed by atoms with van der Waals surface area (Å²) in [5.74, 6) is -2.14. The number of β-lactam (4-membered cyclic amide) rings is 1. The molecule has 0 spiro atoms. The number of hydrogen-bond acceptors (Lipinski definition) is 6. The number of nitrogens with one attached hydrogen (secondary N) is 1. The third kappa shape index (κ3) is 2.91. The van der Waals surface area contributed by atoms with Crippen LogP contribution in [-0.4, -0.2) is 81.9 Å². The van der Waals surface area contributed by atoms with Crippen LogP contribution >= 0.6 is 11.8 Å². The quantitative estimate of drug-likeness (QED) is 0.559. The SMILES string of the molecule is C[C@@H](O)[C@H]1C(=O)N2C(C(=O)O)=C(SC3CN[C@H](C(=O)N(C)C)C3)[C@H](C)[C@H]12. The molecular formula is C17H25N3O5S. The molecule has 1 unspecified atom stereocenters. The van der Waals surface area contributed by atoms with Gasteiger partial charge < -0.3 is 25.3 Å².